The third-order valence-corrected chi connectivity index (χ3v) is 3.16. The smallest absolute Gasteiger partial charge is 0.239 e. The summed E-state index contributed by atoms with van der Waals surface area (Å²) in [7, 11) is 1.39. The Morgan fingerprint density at radius 1 is 1.35 bits per heavy atom. The third-order valence-electron chi connectivity index (χ3n) is 3.16. The fraction of sp³-hybridized carbons (Fsp3) is 0.308. The normalized spacial score (nSPS) is 21.6. The summed E-state index contributed by atoms with van der Waals surface area (Å²) >= 11 is 0. The minimum absolute atomic E-state index is 0.0739. The zero-order valence-electron chi connectivity index (χ0n) is 10.9. The molecular formula is C13H13FN2O4. The van der Waals surface area contributed by atoms with Crippen LogP contribution < -0.4 is 15.4 Å². The molecule has 2 atom stereocenters. The van der Waals surface area contributed by atoms with Gasteiger partial charge in [0.1, 0.15) is 17.5 Å². The molecule has 7 heteroatoms. The second-order valence-corrected chi connectivity index (χ2v) is 4.45. The van der Waals surface area contributed by atoms with Gasteiger partial charge in [0.15, 0.2) is 0 Å². The van der Waals surface area contributed by atoms with E-state index in [1.54, 1.807) is 0 Å². The van der Waals surface area contributed by atoms with Gasteiger partial charge in [0, 0.05) is 6.07 Å². The SMILES string of the molecule is COc1ccc(NC(=O)C2C(=O)NC(=O)C2C)c(F)c1. The number of imide groups is 1. The van der Waals surface area contributed by atoms with Crippen molar-refractivity contribution in [3.8, 4) is 5.75 Å². The lowest BCUT2D eigenvalue weighted by molar-refractivity contribution is -0.131. The number of hydrogen-bond acceptors (Lipinski definition) is 4. The molecule has 2 unspecified atom stereocenters. The van der Waals surface area contributed by atoms with Crippen LogP contribution in [0.15, 0.2) is 18.2 Å². The number of ether oxygens (including phenoxy) is 1. The second kappa shape index (κ2) is 5.28. The highest BCUT2D eigenvalue weighted by atomic mass is 19.1. The van der Waals surface area contributed by atoms with Crippen LogP contribution in [0.1, 0.15) is 6.92 Å². The van der Waals surface area contributed by atoms with Crippen LogP contribution in [0, 0.1) is 17.7 Å². The van der Waals surface area contributed by atoms with Gasteiger partial charge >= 0.3 is 0 Å². The van der Waals surface area contributed by atoms with Crippen molar-refractivity contribution in [3.63, 3.8) is 0 Å². The standard InChI is InChI=1S/C13H13FN2O4/c1-6-10(13(19)16-11(6)17)12(18)15-9-4-3-7(20-2)5-8(9)14/h3-6,10H,1-2H3,(H,15,18)(H,16,17,19). The first-order valence-corrected chi connectivity index (χ1v) is 5.93. The molecule has 1 aliphatic heterocycles. The summed E-state index contributed by atoms with van der Waals surface area (Å²) in [4.78, 5) is 34.8. The number of anilines is 1. The lowest BCUT2D eigenvalue weighted by Crippen LogP contribution is -2.32. The minimum atomic E-state index is -1.15. The maximum atomic E-state index is 13.7. The molecule has 1 saturated heterocycles. The molecule has 1 aromatic rings. The van der Waals surface area contributed by atoms with Gasteiger partial charge in [-0.15, -0.1) is 0 Å². The van der Waals surface area contributed by atoms with Gasteiger partial charge in [-0.3, -0.25) is 19.7 Å². The van der Waals surface area contributed by atoms with Crippen molar-refractivity contribution in [3.05, 3.63) is 24.0 Å². The van der Waals surface area contributed by atoms with Gasteiger partial charge in [0.05, 0.1) is 18.7 Å². The van der Waals surface area contributed by atoms with Gasteiger partial charge < -0.3 is 10.1 Å². The zero-order valence-corrected chi connectivity index (χ0v) is 10.9. The molecule has 0 bridgehead atoms. The average molecular weight is 280 g/mol. The molecule has 3 amide bonds. The van der Waals surface area contributed by atoms with E-state index in [2.05, 4.69) is 10.6 Å². The molecule has 0 saturated carbocycles. The lowest BCUT2D eigenvalue weighted by atomic mass is 9.96. The average Bonchev–Trinajstić information content (AvgIpc) is 2.65. The lowest BCUT2D eigenvalue weighted by Gasteiger charge is -2.12. The number of nitrogens with one attached hydrogen (secondary N) is 2. The van der Waals surface area contributed by atoms with Crippen LogP contribution in [-0.2, 0) is 14.4 Å². The van der Waals surface area contributed by atoms with E-state index in [0.29, 0.717) is 5.75 Å². The molecule has 1 fully saturated rings. The quantitative estimate of drug-likeness (QED) is 0.630. The first-order valence-electron chi connectivity index (χ1n) is 5.93. The zero-order chi connectivity index (χ0) is 14.9. The Labute approximate surface area is 114 Å². The van der Waals surface area contributed by atoms with E-state index in [9.17, 15) is 18.8 Å². The van der Waals surface area contributed by atoms with E-state index in [1.165, 1.54) is 26.2 Å². The topological polar surface area (TPSA) is 84.5 Å². The second-order valence-electron chi connectivity index (χ2n) is 4.45. The summed E-state index contributed by atoms with van der Waals surface area (Å²) in [6, 6.07) is 3.91. The molecule has 2 N–H and O–H groups in total. The molecule has 0 spiro atoms. The predicted molar refractivity (Wildman–Crippen MR) is 67.4 cm³/mol. The number of rotatable bonds is 3. The largest absolute Gasteiger partial charge is 0.497 e. The number of carbonyl (C=O) groups excluding carboxylic acids is 3. The molecule has 0 aromatic heterocycles. The molecule has 1 heterocycles. The van der Waals surface area contributed by atoms with Gasteiger partial charge in [0.2, 0.25) is 17.7 Å². The minimum Gasteiger partial charge on any atom is -0.497 e. The van der Waals surface area contributed by atoms with Crippen molar-refractivity contribution in [2.24, 2.45) is 11.8 Å². The van der Waals surface area contributed by atoms with Crippen molar-refractivity contribution in [2.75, 3.05) is 12.4 Å². The Morgan fingerprint density at radius 2 is 2.05 bits per heavy atom. The summed E-state index contributed by atoms with van der Waals surface area (Å²) in [5, 5.41) is 4.37. The van der Waals surface area contributed by atoms with E-state index >= 15 is 0 Å². The van der Waals surface area contributed by atoms with E-state index < -0.39 is 35.4 Å². The molecular weight excluding hydrogens is 267 g/mol. The van der Waals surface area contributed by atoms with Gasteiger partial charge in [-0.05, 0) is 12.1 Å². The van der Waals surface area contributed by atoms with Gasteiger partial charge in [-0.25, -0.2) is 4.39 Å². The van der Waals surface area contributed by atoms with E-state index in [0.717, 1.165) is 6.07 Å². The number of amides is 3. The molecule has 106 valence electrons. The van der Waals surface area contributed by atoms with Crippen LogP contribution >= 0.6 is 0 Å². The maximum Gasteiger partial charge on any atom is 0.239 e. The summed E-state index contributed by atoms with van der Waals surface area (Å²) in [5.74, 6) is -4.20. The van der Waals surface area contributed by atoms with Gasteiger partial charge in [-0.1, -0.05) is 6.92 Å². The van der Waals surface area contributed by atoms with Crippen molar-refractivity contribution in [1.82, 2.24) is 5.32 Å². The van der Waals surface area contributed by atoms with E-state index in [-0.39, 0.29) is 5.69 Å². The van der Waals surface area contributed by atoms with Crippen LogP contribution in [0.5, 0.6) is 5.75 Å². The summed E-state index contributed by atoms with van der Waals surface area (Å²) in [6.07, 6.45) is 0. The van der Waals surface area contributed by atoms with E-state index in [4.69, 9.17) is 4.74 Å². The number of hydrogen-bond donors (Lipinski definition) is 2. The number of benzene rings is 1. The highest BCUT2D eigenvalue weighted by molar-refractivity contribution is 6.17. The van der Waals surface area contributed by atoms with Gasteiger partial charge in [0.25, 0.3) is 0 Å². The summed E-state index contributed by atoms with van der Waals surface area (Å²) in [5.41, 5.74) is -0.0739. The van der Waals surface area contributed by atoms with Crippen molar-refractivity contribution in [2.45, 2.75) is 6.92 Å². The molecule has 6 nitrogen and oxygen atoms in total. The molecule has 1 aliphatic rings. The molecule has 20 heavy (non-hydrogen) atoms. The molecule has 0 aliphatic carbocycles. The van der Waals surface area contributed by atoms with Crippen molar-refractivity contribution >= 4 is 23.4 Å². The molecule has 1 aromatic carbocycles. The number of methoxy groups -OCH3 is 1. The molecule has 2 rings (SSSR count). The van der Waals surface area contributed by atoms with Crippen LogP contribution in [0.3, 0.4) is 0 Å². The monoisotopic (exact) mass is 280 g/mol. The summed E-state index contributed by atoms with van der Waals surface area (Å²) in [6.45, 7) is 1.47. The van der Waals surface area contributed by atoms with Crippen LogP contribution in [-0.4, -0.2) is 24.8 Å². The first-order chi connectivity index (χ1) is 9.43. The Morgan fingerprint density at radius 3 is 2.55 bits per heavy atom. The van der Waals surface area contributed by atoms with E-state index in [1.807, 2.05) is 0 Å². The fourth-order valence-corrected chi connectivity index (χ4v) is 1.97. The van der Waals surface area contributed by atoms with Crippen LogP contribution in [0.25, 0.3) is 0 Å². The van der Waals surface area contributed by atoms with Crippen LogP contribution in [0.4, 0.5) is 10.1 Å². The summed E-state index contributed by atoms with van der Waals surface area (Å²) < 4.78 is 18.5. The molecule has 0 radical (unpaired) electrons. The Balaban J connectivity index is 2.16. The number of halogens is 1. The third kappa shape index (κ3) is 2.47. The Kier molecular flexibility index (Phi) is 3.69. The Bertz CT molecular complexity index is 588. The van der Waals surface area contributed by atoms with Crippen molar-refractivity contribution < 1.29 is 23.5 Å². The maximum absolute atomic E-state index is 13.7. The Hall–Kier alpha value is -2.44. The highest BCUT2D eigenvalue weighted by Crippen LogP contribution is 2.24. The highest BCUT2D eigenvalue weighted by Gasteiger charge is 2.43. The van der Waals surface area contributed by atoms with Crippen LogP contribution in [0.2, 0.25) is 0 Å². The number of carbonyl (C=O) groups is 3. The van der Waals surface area contributed by atoms with Gasteiger partial charge in [-0.2, -0.15) is 0 Å². The fourth-order valence-electron chi connectivity index (χ4n) is 1.97. The first kappa shape index (κ1) is 14.0. The van der Waals surface area contributed by atoms with Crippen molar-refractivity contribution in [1.29, 1.82) is 0 Å². The predicted octanol–water partition coefficient (Wildman–Crippen LogP) is 0.681.